The number of benzene rings is 3. The van der Waals surface area contributed by atoms with Crippen LogP contribution in [0.1, 0.15) is 63.3 Å². The molecule has 10 nitrogen and oxygen atoms in total. The van der Waals surface area contributed by atoms with E-state index in [1.165, 1.54) is 11.3 Å². The summed E-state index contributed by atoms with van der Waals surface area (Å²) in [7, 11) is 0. The van der Waals surface area contributed by atoms with Gasteiger partial charge in [-0.05, 0) is 82.0 Å². The quantitative estimate of drug-likeness (QED) is 0.189. The zero-order valence-corrected chi connectivity index (χ0v) is 29.5. The largest absolute Gasteiger partial charge is 0.491 e. The molecule has 11 heteroatoms. The van der Waals surface area contributed by atoms with Crippen LogP contribution >= 0.6 is 11.3 Å². The third-order valence-electron chi connectivity index (χ3n) is 8.32. The van der Waals surface area contributed by atoms with Crippen molar-refractivity contribution in [3.63, 3.8) is 0 Å². The lowest BCUT2D eigenvalue weighted by atomic mass is 9.93. The van der Waals surface area contributed by atoms with Gasteiger partial charge in [-0.15, -0.1) is 0 Å². The fourth-order valence-corrected chi connectivity index (χ4v) is 7.11. The number of ether oxygens (including phenoxy) is 4. The molecule has 1 fully saturated rings. The molecule has 0 bridgehead atoms. The fraction of sp³-hybridized carbons (Fsp3) is 0.333. The molecule has 0 saturated carbocycles. The number of carbonyl (C=O) groups excluding carboxylic acids is 2. The van der Waals surface area contributed by atoms with Crippen molar-refractivity contribution in [3.05, 3.63) is 115 Å². The Morgan fingerprint density at radius 1 is 0.940 bits per heavy atom. The summed E-state index contributed by atoms with van der Waals surface area (Å²) in [5, 5.41) is 0. The van der Waals surface area contributed by atoms with Crippen LogP contribution in [-0.4, -0.2) is 60.4 Å². The molecule has 3 heterocycles. The summed E-state index contributed by atoms with van der Waals surface area (Å²) < 4.78 is 25.2. The molecule has 0 N–H and O–H groups in total. The van der Waals surface area contributed by atoms with E-state index in [2.05, 4.69) is 0 Å². The third kappa shape index (κ3) is 7.52. The van der Waals surface area contributed by atoms with Crippen molar-refractivity contribution in [2.45, 2.75) is 52.7 Å². The number of rotatable bonds is 12. The maximum absolute atomic E-state index is 14.3. The molecule has 4 aromatic rings. The predicted octanol–water partition coefficient (Wildman–Crippen LogP) is 5.12. The van der Waals surface area contributed by atoms with Crippen LogP contribution < -0.4 is 29.1 Å². The molecule has 1 atom stereocenters. The molecule has 0 spiro atoms. The molecule has 0 unspecified atom stereocenters. The molecule has 3 aromatic carbocycles. The molecule has 2 aliphatic rings. The van der Waals surface area contributed by atoms with E-state index in [-0.39, 0.29) is 36.4 Å². The summed E-state index contributed by atoms with van der Waals surface area (Å²) in [5.41, 5.74) is 2.58. The van der Waals surface area contributed by atoms with Gasteiger partial charge in [0.1, 0.15) is 5.75 Å². The summed E-state index contributed by atoms with van der Waals surface area (Å²) in [6, 6.07) is 21.4. The van der Waals surface area contributed by atoms with E-state index in [0.717, 1.165) is 31.5 Å². The highest BCUT2D eigenvalue weighted by Gasteiger charge is 2.35. The monoisotopic (exact) mass is 695 g/mol. The number of amides is 1. The van der Waals surface area contributed by atoms with Crippen molar-refractivity contribution in [1.82, 2.24) is 9.47 Å². The van der Waals surface area contributed by atoms with Crippen molar-refractivity contribution in [3.8, 4) is 17.2 Å². The van der Waals surface area contributed by atoms with Gasteiger partial charge >= 0.3 is 5.97 Å². The molecule has 6 rings (SSSR count). The maximum atomic E-state index is 14.3. The summed E-state index contributed by atoms with van der Waals surface area (Å²) in [4.78, 5) is 47.9. The second-order valence-corrected chi connectivity index (χ2v) is 13.2. The molecule has 1 aromatic heterocycles. The summed E-state index contributed by atoms with van der Waals surface area (Å²) in [6.45, 7) is 9.51. The molecular formula is C39H41N3O7S. The Labute approximate surface area is 294 Å². The van der Waals surface area contributed by atoms with Crippen molar-refractivity contribution in [2.75, 3.05) is 32.9 Å². The lowest BCUT2D eigenvalue weighted by molar-refractivity contribution is -0.139. The molecule has 0 aliphatic carbocycles. The van der Waals surface area contributed by atoms with Gasteiger partial charge in [0.15, 0.2) is 22.9 Å². The zero-order valence-electron chi connectivity index (χ0n) is 28.7. The van der Waals surface area contributed by atoms with Gasteiger partial charge < -0.3 is 23.8 Å². The first kappa shape index (κ1) is 34.7. The number of likely N-dealkylation sites (tertiary alicyclic amines) is 1. The van der Waals surface area contributed by atoms with Crippen molar-refractivity contribution in [1.29, 1.82) is 0 Å². The molecule has 1 amide bonds. The minimum absolute atomic E-state index is 0.0144. The highest BCUT2D eigenvalue weighted by atomic mass is 32.1. The Bertz CT molecular complexity index is 2060. The minimum atomic E-state index is -0.807. The Morgan fingerprint density at radius 3 is 2.36 bits per heavy atom. The zero-order chi connectivity index (χ0) is 35.2. The van der Waals surface area contributed by atoms with Crippen molar-refractivity contribution in [2.24, 2.45) is 4.99 Å². The van der Waals surface area contributed by atoms with Gasteiger partial charge in [0.05, 0.1) is 41.2 Å². The second kappa shape index (κ2) is 15.6. The standard InChI is InChI=1S/C39H41N3O7S/c1-5-46-31-22-26(14-19-30(31)48-24-33(43)41-20-10-11-21-41)23-32-37(44)42-36(28-15-17-29(18-16-28)49-25(3)4)34(38(45)47-6-2)35(40-39(42)50-32)27-12-8-7-9-13-27/h7-9,12-19,22-23,25,36H,5-6,10-11,20-21,24H2,1-4H3/b32-23-/t36-/m1/s1. The molecule has 260 valence electrons. The molecule has 1 saturated heterocycles. The Kier molecular flexibility index (Phi) is 10.8. The average molecular weight is 696 g/mol. The van der Waals surface area contributed by atoms with E-state index in [4.69, 9.17) is 23.9 Å². The van der Waals surface area contributed by atoms with Crippen LogP contribution in [0, 0.1) is 0 Å². The first-order valence-electron chi connectivity index (χ1n) is 17.0. The number of carbonyl (C=O) groups is 2. The predicted molar refractivity (Wildman–Crippen MR) is 192 cm³/mol. The Hall–Kier alpha value is -5.16. The van der Waals surface area contributed by atoms with E-state index < -0.39 is 12.0 Å². The first-order valence-corrected chi connectivity index (χ1v) is 17.8. The van der Waals surface area contributed by atoms with Gasteiger partial charge in [-0.3, -0.25) is 14.2 Å². The van der Waals surface area contributed by atoms with Gasteiger partial charge in [0.25, 0.3) is 11.5 Å². The van der Waals surface area contributed by atoms with Crippen molar-refractivity contribution < 1.29 is 28.5 Å². The summed E-state index contributed by atoms with van der Waals surface area (Å²) >= 11 is 1.24. The summed E-state index contributed by atoms with van der Waals surface area (Å²) in [6.07, 6.45) is 3.78. The van der Waals surface area contributed by atoms with Crippen LogP contribution in [0.15, 0.2) is 88.2 Å². The second-order valence-electron chi connectivity index (χ2n) is 12.2. The SMILES string of the molecule is CCOC(=O)C1=C(c2ccccc2)N=c2s/c(=C\c3ccc(OCC(=O)N4CCCC4)c(OCC)c3)c(=O)n2[C@@H]1c1ccc(OC(C)C)cc1. The van der Waals surface area contributed by atoms with Crippen LogP contribution in [0.3, 0.4) is 0 Å². The average Bonchev–Trinajstić information content (AvgIpc) is 3.76. The number of esters is 1. The van der Waals surface area contributed by atoms with E-state index in [1.807, 2.05) is 86.3 Å². The van der Waals surface area contributed by atoms with E-state index >= 15 is 0 Å². The summed E-state index contributed by atoms with van der Waals surface area (Å²) in [5.74, 6) is 1.01. The lowest BCUT2D eigenvalue weighted by Crippen LogP contribution is -2.40. The molecule has 0 radical (unpaired) electrons. The maximum Gasteiger partial charge on any atom is 0.338 e. The van der Waals surface area contributed by atoms with Gasteiger partial charge in [0.2, 0.25) is 0 Å². The highest BCUT2D eigenvalue weighted by Crippen LogP contribution is 2.36. The van der Waals surface area contributed by atoms with Gasteiger partial charge in [-0.2, -0.15) is 0 Å². The highest BCUT2D eigenvalue weighted by molar-refractivity contribution is 7.07. The normalized spacial score (nSPS) is 15.9. The van der Waals surface area contributed by atoms with Crippen LogP contribution in [0.5, 0.6) is 17.2 Å². The van der Waals surface area contributed by atoms with E-state index in [9.17, 15) is 14.4 Å². The van der Waals surface area contributed by atoms with Gasteiger partial charge in [0, 0.05) is 18.7 Å². The van der Waals surface area contributed by atoms with Crippen molar-refractivity contribution >= 4 is 35.0 Å². The van der Waals surface area contributed by atoms with Crippen LogP contribution in [0.4, 0.5) is 0 Å². The smallest absolute Gasteiger partial charge is 0.338 e. The van der Waals surface area contributed by atoms with Crippen LogP contribution in [-0.2, 0) is 14.3 Å². The lowest BCUT2D eigenvalue weighted by Gasteiger charge is -2.26. The molecule has 2 aliphatic heterocycles. The Morgan fingerprint density at radius 2 is 1.68 bits per heavy atom. The van der Waals surface area contributed by atoms with Crippen LogP contribution in [0.25, 0.3) is 11.8 Å². The van der Waals surface area contributed by atoms with Crippen LogP contribution in [0.2, 0.25) is 0 Å². The number of hydrogen-bond donors (Lipinski definition) is 0. The third-order valence-corrected chi connectivity index (χ3v) is 9.30. The molecular weight excluding hydrogens is 655 g/mol. The topological polar surface area (TPSA) is 109 Å². The van der Waals surface area contributed by atoms with E-state index in [1.54, 1.807) is 29.7 Å². The van der Waals surface area contributed by atoms with E-state index in [0.29, 0.717) is 50.0 Å². The molecule has 50 heavy (non-hydrogen) atoms. The fourth-order valence-electron chi connectivity index (χ4n) is 6.11. The first-order chi connectivity index (χ1) is 24.3. The number of hydrogen-bond acceptors (Lipinski definition) is 9. The Balaban J connectivity index is 1.45. The number of nitrogens with zero attached hydrogens (tertiary/aromatic N) is 3. The van der Waals surface area contributed by atoms with Gasteiger partial charge in [-0.25, -0.2) is 9.79 Å². The number of fused-ring (bicyclic) bond motifs is 1. The number of aromatic nitrogens is 1. The van der Waals surface area contributed by atoms with Gasteiger partial charge in [-0.1, -0.05) is 59.9 Å². The number of thiazole rings is 1. The minimum Gasteiger partial charge on any atom is -0.491 e.